The van der Waals surface area contributed by atoms with E-state index >= 15 is 0 Å². The average molecular weight is 404 g/mol. The van der Waals surface area contributed by atoms with E-state index < -0.39 is 10.0 Å². The Labute approximate surface area is 167 Å². The molecule has 0 saturated heterocycles. The minimum Gasteiger partial charge on any atom is -0.357 e. The second-order valence-corrected chi connectivity index (χ2v) is 8.25. The van der Waals surface area contributed by atoms with E-state index in [0.29, 0.717) is 18.4 Å². The predicted molar refractivity (Wildman–Crippen MR) is 113 cm³/mol. The van der Waals surface area contributed by atoms with E-state index in [-0.39, 0.29) is 17.5 Å². The quantitative estimate of drug-likeness (QED) is 0.339. The van der Waals surface area contributed by atoms with Gasteiger partial charge in [-0.3, -0.25) is 9.98 Å². The molecule has 0 saturated carbocycles. The van der Waals surface area contributed by atoms with Crippen LogP contribution in [0.25, 0.3) is 0 Å². The van der Waals surface area contributed by atoms with Crippen LogP contribution < -0.4 is 15.4 Å². The summed E-state index contributed by atoms with van der Waals surface area (Å²) < 4.78 is 26.9. The summed E-state index contributed by atoms with van der Waals surface area (Å²) in [6.07, 6.45) is 2.86. The molecule has 2 rings (SSSR count). The van der Waals surface area contributed by atoms with Gasteiger partial charge in [0.05, 0.1) is 6.54 Å². The number of pyridine rings is 1. The second kappa shape index (κ2) is 10.8. The summed E-state index contributed by atoms with van der Waals surface area (Å²) in [6.45, 7) is 7.51. The molecule has 2 aromatic rings. The fraction of sp³-hybridized carbons (Fsp3) is 0.400. The lowest BCUT2D eigenvalue weighted by atomic mass is 9.94. The van der Waals surface area contributed by atoms with Crippen molar-refractivity contribution in [3.05, 3.63) is 60.4 Å². The molecule has 0 aliphatic carbocycles. The zero-order valence-electron chi connectivity index (χ0n) is 16.6. The smallest absolute Gasteiger partial charge is 0.242 e. The number of aromatic nitrogens is 1. The van der Waals surface area contributed by atoms with E-state index in [1.54, 1.807) is 6.07 Å². The van der Waals surface area contributed by atoms with Crippen LogP contribution in [0.5, 0.6) is 0 Å². The molecule has 0 bridgehead atoms. The number of hydrogen-bond acceptors (Lipinski definition) is 4. The Morgan fingerprint density at radius 2 is 1.89 bits per heavy atom. The van der Waals surface area contributed by atoms with Gasteiger partial charge in [0.1, 0.15) is 4.90 Å². The van der Waals surface area contributed by atoms with Crippen LogP contribution in [0.1, 0.15) is 32.3 Å². The van der Waals surface area contributed by atoms with E-state index in [2.05, 4.69) is 51.3 Å². The van der Waals surface area contributed by atoms with Gasteiger partial charge in [-0.1, -0.05) is 37.3 Å². The summed E-state index contributed by atoms with van der Waals surface area (Å²) in [7, 11) is -3.57. The van der Waals surface area contributed by atoms with E-state index in [0.717, 1.165) is 6.54 Å². The number of rotatable bonds is 9. The molecule has 1 heterocycles. The standard InChI is InChI=1S/C20H29N5O2S/c1-4-22-20(25-17(3)16(2)18-9-6-5-7-10-18)23-13-14-24-28(26,27)19-11-8-12-21-15-19/h5-12,15-17,24H,4,13-14H2,1-3H3,(H2,22,23,25). The number of sulfonamides is 1. The van der Waals surface area contributed by atoms with Gasteiger partial charge in [0.25, 0.3) is 0 Å². The Morgan fingerprint density at radius 3 is 2.54 bits per heavy atom. The lowest BCUT2D eigenvalue weighted by Crippen LogP contribution is -2.44. The fourth-order valence-corrected chi connectivity index (χ4v) is 3.63. The molecule has 0 amide bonds. The van der Waals surface area contributed by atoms with Crippen molar-refractivity contribution in [2.24, 2.45) is 4.99 Å². The largest absolute Gasteiger partial charge is 0.357 e. The summed E-state index contributed by atoms with van der Waals surface area (Å²) in [5.74, 6) is 0.965. The lowest BCUT2D eigenvalue weighted by molar-refractivity contribution is 0.550. The third kappa shape index (κ3) is 6.61. The highest BCUT2D eigenvalue weighted by Crippen LogP contribution is 2.18. The molecule has 152 valence electrons. The van der Waals surface area contributed by atoms with Crippen LogP contribution in [0.3, 0.4) is 0 Å². The Bertz CT molecular complexity index is 841. The first kappa shape index (κ1) is 21.8. The van der Waals surface area contributed by atoms with Gasteiger partial charge in [-0.2, -0.15) is 0 Å². The molecular weight excluding hydrogens is 374 g/mol. The monoisotopic (exact) mass is 403 g/mol. The first-order chi connectivity index (χ1) is 13.4. The molecule has 0 spiro atoms. The van der Waals surface area contributed by atoms with E-state index in [1.165, 1.54) is 24.0 Å². The Hall–Kier alpha value is -2.45. The van der Waals surface area contributed by atoms with Crippen molar-refractivity contribution in [3.8, 4) is 0 Å². The number of benzene rings is 1. The van der Waals surface area contributed by atoms with Crippen molar-refractivity contribution in [2.45, 2.75) is 37.6 Å². The average Bonchev–Trinajstić information content (AvgIpc) is 2.72. The maximum Gasteiger partial charge on any atom is 0.242 e. The van der Waals surface area contributed by atoms with Crippen LogP contribution in [0.4, 0.5) is 0 Å². The van der Waals surface area contributed by atoms with Gasteiger partial charge in [0.2, 0.25) is 10.0 Å². The van der Waals surface area contributed by atoms with Gasteiger partial charge in [-0.15, -0.1) is 0 Å². The molecule has 3 N–H and O–H groups in total. The number of nitrogens with zero attached hydrogens (tertiary/aromatic N) is 2. The highest BCUT2D eigenvalue weighted by molar-refractivity contribution is 7.89. The third-order valence-corrected chi connectivity index (χ3v) is 5.85. The summed E-state index contributed by atoms with van der Waals surface area (Å²) in [4.78, 5) is 8.46. The second-order valence-electron chi connectivity index (χ2n) is 6.48. The van der Waals surface area contributed by atoms with Gasteiger partial charge >= 0.3 is 0 Å². The number of guanidine groups is 1. The van der Waals surface area contributed by atoms with E-state index in [9.17, 15) is 8.42 Å². The first-order valence-electron chi connectivity index (χ1n) is 9.43. The van der Waals surface area contributed by atoms with E-state index in [4.69, 9.17) is 0 Å². The number of nitrogens with one attached hydrogen (secondary N) is 3. The van der Waals surface area contributed by atoms with Crippen LogP contribution in [-0.2, 0) is 10.0 Å². The molecular formula is C20H29N5O2S. The minimum atomic E-state index is -3.57. The Balaban J connectivity index is 1.91. The molecule has 0 aliphatic rings. The molecule has 1 aromatic heterocycles. The molecule has 28 heavy (non-hydrogen) atoms. The summed E-state index contributed by atoms with van der Waals surface area (Å²) >= 11 is 0. The zero-order chi connectivity index (χ0) is 20.4. The van der Waals surface area contributed by atoms with Crippen molar-refractivity contribution in [2.75, 3.05) is 19.6 Å². The summed E-state index contributed by atoms with van der Waals surface area (Å²) in [5.41, 5.74) is 1.25. The first-order valence-corrected chi connectivity index (χ1v) is 10.9. The number of hydrogen-bond donors (Lipinski definition) is 3. The molecule has 2 atom stereocenters. The lowest BCUT2D eigenvalue weighted by Gasteiger charge is -2.24. The molecule has 2 unspecified atom stereocenters. The Kier molecular flexibility index (Phi) is 8.41. The fourth-order valence-electron chi connectivity index (χ4n) is 2.64. The highest BCUT2D eigenvalue weighted by Gasteiger charge is 2.16. The maximum absolute atomic E-state index is 12.2. The molecule has 0 radical (unpaired) electrons. The van der Waals surface area contributed by atoms with Crippen molar-refractivity contribution in [1.29, 1.82) is 0 Å². The molecule has 0 aliphatic heterocycles. The topological polar surface area (TPSA) is 95.5 Å². The third-order valence-electron chi connectivity index (χ3n) is 4.40. The van der Waals surface area contributed by atoms with Crippen molar-refractivity contribution >= 4 is 16.0 Å². The SMILES string of the molecule is CCNC(=NCCNS(=O)(=O)c1cccnc1)NC(C)C(C)c1ccccc1. The van der Waals surface area contributed by atoms with Crippen LogP contribution >= 0.6 is 0 Å². The van der Waals surface area contributed by atoms with Crippen LogP contribution in [0.2, 0.25) is 0 Å². The van der Waals surface area contributed by atoms with Gasteiger partial charge in [0.15, 0.2) is 5.96 Å². The van der Waals surface area contributed by atoms with Crippen LogP contribution in [0.15, 0.2) is 64.7 Å². The van der Waals surface area contributed by atoms with Crippen molar-refractivity contribution < 1.29 is 8.42 Å². The number of aliphatic imine (C=N–C) groups is 1. The van der Waals surface area contributed by atoms with Crippen LogP contribution in [0, 0.1) is 0 Å². The minimum absolute atomic E-state index is 0.148. The molecule has 1 aromatic carbocycles. The van der Waals surface area contributed by atoms with Gasteiger partial charge in [-0.05, 0) is 31.5 Å². The Morgan fingerprint density at radius 1 is 1.14 bits per heavy atom. The van der Waals surface area contributed by atoms with Crippen molar-refractivity contribution in [3.63, 3.8) is 0 Å². The molecule has 0 fully saturated rings. The van der Waals surface area contributed by atoms with Gasteiger partial charge < -0.3 is 10.6 Å². The maximum atomic E-state index is 12.2. The van der Waals surface area contributed by atoms with Crippen molar-refractivity contribution in [1.82, 2.24) is 20.3 Å². The normalized spacial score (nSPS) is 14.3. The summed E-state index contributed by atoms with van der Waals surface area (Å²) in [6, 6.07) is 13.6. The predicted octanol–water partition coefficient (Wildman–Crippen LogP) is 2.11. The van der Waals surface area contributed by atoms with Gasteiger partial charge in [0, 0.05) is 37.4 Å². The highest BCUT2D eigenvalue weighted by atomic mass is 32.2. The van der Waals surface area contributed by atoms with E-state index in [1.807, 2.05) is 25.1 Å². The van der Waals surface area contributed by atoms with Crippen LogP contribution in [-0.4, -0.2) is 45.0 Å². The zero-order valence-corrected chi connectivity index (χ0v) is 17.4. The van der Waals surface area contributed by atoms with Gasteiger partial charge in [-0.25, -0.2) is 13.1 Å². The molecule has 7 nitrogen and oxygen atoms in total. The summed E-state index contributed by atoms with van der Waals surface area (Å²) in [5, 5.41) is 6.60. The molecule has 8 heteroatoms.